The number of hydrogen-bond acceptors (Lipinski definition) is 4. The topological polar surface area (TPSA) is 46.0 Å². The molecule has 1 fully saturated rings. The van der Waals surface area contributed by atoms with Gasteiger partial charge in [0.1, 0.15) is 11.6 Å². The maximum absolute atomic E-state index is 4.51. The molecule has 0 amide bonds. The smallest absolute Gasteiger partial charge is 0.147 e. The summed E-state index contributed by atoms with van der Waals surface area (Å²) in [6.07, 6.45) is 2.38. The normalized spacial score (nSPS) is 19.4. The van der Waals surface area contributed by atoms with E-state index in [4.69, 9.17) is 0 Å². The summed E-state index contributed by atoms with van der Waals surface area (Å²) in [4.78, 5) is 2.59. The number of fused-ring (bicyclic) bond motifs is 1. The SMILES string of the molecule is Cc1ccc(C)c(CN2CCC(c3nnc4n3CCNC4)CC2)c1. The molecule has 2 aliphatic rings. The van der Waals surface area contributed by atoms with E-state index in [1.165, 1.54) is 35.4 Å². The van der Waals surface area contributed by atoms with E-state index in [2.05, 4.69) is 57.0 Å². The molecule has 0 atom stereocenters. The molecule has 1 N–H and O–H groups in total. The quantitative estimate of drug-likeness (QED) is 0.941. The Morgan fingerprint density at radius 3 is 2.79 bits per heavy atom. The Hall–Kier alpha value is -1.72. The Morgan fingerprint density at radius 2 is 1.96 bits per heavy atom. The van der Waals surface area contributed by atoms with E-state index in [1.54, 1.807) is 0 Å². The first-order chi connectivity index (χ1) is 11.7. The average Bonchev–Trinajstić information content (AvgIpc) is 3.03. The molecule has 0 bridgehead atoms. The Bertz CT molecular complexity index is 713. The molecule has 24 heavy (non-hydrogen) atoms. The van der Waals surface area contributed by atoms with Gasteiger partial charge in [-0.3, -0.25) is 4.90 Å². The molecule has 128 valence electrons. The molecule has 0 radical (unpaired) electrons. The van der Waals surface area contributed by atoms with Gasteiger partial charge in [-0.25, -0.2) is 0 Å². The van der Waals surface area contributed by atoms with Crippen molar-refractivity contribution in [3.8, 4) is 0 Å². The fraction of sp³-hybridized carbons (Fsp3) is 0.579. The third-order valence-corrected chi connectivity index (χ3v) is 5.50. The van der Waals surface area contributed by atoms with Crippen molar-refractivity contribution < 1.29 is 0 Å². The first-order valence-corrected chi connectivity index (χ1v) is 9.12. The van der Waals surface area contributed by atoms with Gasteiger partial charge in [0.2, 0.25) is 0 Å². The summed E-state index contributed by atoms with van der Waals surface area (Å²) >= 11 is 0. The summed E-state index contributed by atoms with van der Waals surface area (Å²) in [5, 5.41) is 12.3. The van der Waals surface area contributed by atoms with Crippen molar-refractivity contribution >= 4 is 0 Å². The number of nitrogens with zero attached hydrogens (tertiary/aromatic N) is 4. The van der Waals surface area contributed by atoms with Crippen molar-refractivity contribution in [3.63, 3.8) is 0 Å². The van der Waals surface area contributed by atoms with E-state index in [-0.39, 0.29) is 0 Å². The van der Waals surface area contributed by atoms with Gasteiger partial charge >= 0.3 is 0 Å². The molecule has 0 unspecified atom stereocenters. The highest BCUT2D eigenvalue weighted by atomic mass is 15.3. The second-order valence-corrected chi connectivity index (χ2v) is 7.28. The molecule has 1 saturated heterocycles. The minimum atomic E-state index is 0.569. The lowest BCUT2D eigenvalue weighted by molar-refractivity contribution is 0.199. The molecule has 2 aliphatic heterocycles. The minimum Gasteiger partial charge on any atom is -0.312 e. The zero-order chi connectivity index (χ0) is 16.5. The molecular formula is C19H27N5. The standard InChI is InChI=1S/C19H27N5/c1-14-3-4-15(2)17(11-14)13-23-8-5-16(6-9-23)19-22-21-18-12-20-7-10-24(18)19/h3-4,11,16,20H,5-10,12-13H2,1-2H3. The molecule has 2 aromatic rings. The molecule has 0 spiro atoms. The highest BCUT2D eigenvalue weighted by molar-refractivity contribution is 5.30. The second kappa shape index (κ2) is 6.65. The molecule has 1 aromatic carbocycles. The first kappa shape index (κ1) is 15.8. The van der Waals surface area contributed by atoms with Crippen LogP contribution in [0.15, 0.2) is 18.2 Å². The number of hydrogen-bond donors (Lipinski definition) is 1. The lowest BCUT2D eigenvalue weighted by atomic mass is 9.95. The van der Waals surface area contributed by atoms with Gasteiger partial charge < -0.3 is 9.88 Å². The van der Waals surface area contributed by atoms with Crippen LogP contribution in [0.3, 0.4) is 0 Å². The van der Waals surface area contributed by atoms with Crippen LogP contribution in [0.1, 0.15) is 47.1 Å². The number of nitrogens with one attached hydrogen (secondary N) is 1. The van der Waals surface area contributed by atoms with Gasteiger partial charge in [0.15, 0.2) is 0 Å². The molecule has 4 rings (SSSR count). The predicted molar refractivity (Wildman–Crippen MR) is 94.9 cm³/mol. The molecule has 5 heteroatoms. The van der Waals surface area contributed by atoms with Crippen LogP contribution in [0.25, 0.3) is 0 Å². The van der Waals surface area contributed by atoms with Crippen molar-refractivity contribution in [2.45, 2.75) is 52.2 Å². The lowest BCUT2D eigenvalue weighted by Crippen LogP contribution is -2.35. The summed E-state index contributed by atoms with van der Waals surface area (Å²) in [6.45, 7) is 10.7. The van der Waals surface area contributed by atoms with E-state index in [0.717, 1.165) is 45.1 Å². The summed E-state index contributed by atoms with van der Waals surface area (Å²) < 4.78 is 2.35. The van der Waals surface area contributed by atoms with E-state index in [1.807, 2.05) is 0 Å². The maximum atomic E-state index is 4.51. The predicted octanol–water partition coefficient (Wildman–Crippen LogP) is 2.38. The third kappa shape index (κ3) is 3.10. The number of likely N-dealkylation sites (tertiary alicyclic amines) is 1. The Morgan fingerprint density at radius 1 is 1.12 bits per heavy atom. The Kier molecular flexibility index (Phi) is 4.37. The highest BCUT2D eigenvalue weighted by Crippen LogP contribution is 2.28. The van der Waals surface area contributed by atoms with Crippen LogP contribution < -0.4 is 5.32 Å². The van der Waals surface area contributed by atoms with Gasteiger partial charge in [-0.2, -0.15) is 0 Å². The summed E-state index contributed by atoms with van der Waals surface area (Å²) in [7, 11) is 0. The van der Waals surface area contributed by atoms with Crippen molar-refractivity contribution in [2.75, 3.05) is 19.6 Å². The van der Waals surface area contributed by atoms with Gasteiger partial charge in [-0.05, 0) is 50.9 Å². The van der Waals surface area contributed by atoms with Gasteiger partial charge in [-0.1, -0.05) is 23.8 Å². The van der Waals surface area contributed by atoms with Gasteiger partial charge in [0, 0.05) is 25.6 Å². The van der Waals surface area contributed by atoms with Crippen LogP contribution in [-0.2, 0) is 19.6 Å². The van der Waals surface area contributed by atoms with E-state index in [9.17, 15) is 0 Å². The summed E-state index contributed by atoms with van der Waals surface area (Å²) in [5.41, 5.74) is 4.23. The van der Waals surface area contributed by atoms with Crippen LogP contribution in [0, 0.1) is 13.8 Å². The molecule has 5 nitrogen and oxygen atoms in total. The Balaban J connectivity index is 1.40. The zero-order valence-electron chi connectivity index (χ0n) is 14.8. The number of aromatic nitrogens is 3. The first-order valence-electron chi connectivity index (χ1n) is 9.12. The van der Waals surface area contributed by atoms with Crippen molar-refractivity contribution in [1.82, 2.24) is 25.0 Å². The highest BCUT2D eigenvalue weighted by Gasteiger charge is 2.27. The second-order valence-electron chi connectivity index (χ2n) is 7.28. The number of benzene rings is 1. The van der Waals surface area contributed by atoms with Crippen molar-refractivity contribution in [1.29, 1.82) is 0 Å². The van der Waals surface area contributed by atoms with Crippen LogP contribution in [0.2, 0.25) is 0 Å². The maximum Gasteiger partial charge on any atom is 0.147 e. The van der Waals surface area contributed by atoms with E-state index < -0.39 is 0 Å². The number of piperidine rings is 1. The summed E-state index contributed by atoms with van der Waals surface area (Å²) in [5.74, 6) is 2.89. The molecular weight excluding hydrogens is 298 g/mol. The van der Waals surface area contributed by atoms with E-state index >= 15 is 0 Å². The van der Waals surface area contributed by atoms with Crippen LogP contribution >= 0.6 is 0 Å². The monoisotopic (exact) mass is 325 g/mol. The molecule has 3 heterocycles. The van der Waals surface area contributed by atoms with Gasteiger partial charge in [-0.15, -0.1) is 10.2 Å². The van der Waals surface area contributed by atoms with Gasteiger partial charge in [0.05, 0.1) is 6.54 Å². The third-order valence-electron chi connectivity index (χ3n) is 5.50. The zero-order valence-corrected chi connectivity index (χ0v) is 14.8. The largest absolute Gasteiger partial charge is 0.312 e. The Labute approximate surface area is 144 Å². The van der Waals surface area contributed by atoms with Crippen molar-refractivity contribution in [2.24, 2.45) is 0 Å². The fourth-order valence-corrected chi connectivity index (χ4v) is 3.98. The van der Waals surface area contributed by atoms with Gasteiger partial charge in [0.25, 0.3) is 0 Å². The van der Waals surface area contributed by atoms with Crippen LogP contribution in [-0.4, -0.2) is 39.3 Å². The summed E-state index contributed by atoms with van der Waals surface area (Å²) in [6, 6.07) is 6.78. The number of rotatable bonds is 3. The molecule has 1 aromatic heterocycles. The average molecular weight is 325 g/mol. The van der Waals surface area contributed by atoms with Crippen molar-refractivity contribution in [3.05, 3.63) is 46.5 Å². The van der Waals surface area contributed by atoms with Crippen LogP contribution in [0.5, 0.6) is 0 Å². The van der Waals surface area contributed by atoms with E-state index in [0.29, 0.717) is 5.92 Å². The molecule has 0 saturated carbocycles. The molecule has 0 aliphatic carbocycles. The number of aryl methyl sites for hydroxylation is 2. The fourth-order valence-electron chi connectivity index (χ4n) is 3.98. The minimum absolute atomic E-state index is 0.569. The lowest BCUT2D eigenvalue weighted by Gasteiger charge is -2.32. The van der Waals surface area contributed by atoms with Crippen LogP contribution in [0.4, 0.5) is 0 Å².